The van der Waals surface area contributed by atoms with Crippen LogP contribution in [0.5, 0.6) is 0 Å². The van der Waals surface area contributed by atoms with Crippen LogP contribution in [0.15, 0.2) is 0 Å². The fourth-order valence-electron chi connectivity index (χ4n) is 1.07. The molecule has 0 atom stereocenters. The SMILES string of the molecule is CCN(CCC#N)CC(=O)NCCC#N. The second kappa shape index (κ2) is 8.98. The monoisotopic (exact) mass is 208 g/mol. The Morgan fingerprint density at radius 2 is 2.00 bits per heavy atom. The second-order valence-corrected chi connectivity index (χ2v) is 3.03. The predicted octanol–water partition coefficient (Wildman–Crippen LogP) is 0.252. The smallest absolute Gasteiger partial charge is 0.234 e. The van der Waals surface area contributed by atoms with Crippen molar-refractivity contribution in [2.24, 2.45) is 0 Å². The number of hydrogen-bond acceptors (Lipinski definition) is 4. The van der Waals surface area contributed by atoms with E-state index < -0.39 is 0 Å². The Kier molecular flexibility index (Phi) is 8.03. The molecule has 15 heavy (non-hydrogen) atoms. The summed E-state index contributed by atoms with van der Waals surface area (Å²) < 4.78 is 0. The van der Waals surface area contributed by atoms with Gasteiger partial charge in [-0.15, -0.1) is 0 Å². The first-order chi connectivity index (χ1) is 7.24. The van der Waals surface area contributed by atoms with E-state index in [-0.39, 0.29) is 5.91 Å². The molecule has 0 saturated heterocycles. The standard InChI is InChI=1S/C10H16N4O/c1-2-14(8-4-6-12)9-10(15)13-7-3-5-11/h2-4,7-9H2,1H3,(H,13,15). The quantitative estimate of drug-likeness (QED) is 0.608. The third kappa shape index (κ3) is 7.48. The van der Waals surface area contributed by atoms with Gasteiger partial charge in [-0.2, -0.15) is 10.5 Å². The summed E-state index contributed by atoms with van der Waals surface area (Å²) in [6, 6.07) is 3.99. The van der Waals surface area contributed by atoms with E-state index >= 15 is 0 Å². The molecular weight excluding hydrogens is 192 g/mol. The number of nitrogens with one attached hydrogen (secondary N) is 1. The van der Waals surface area contributed by atoms with Gasteiger partial charge in [-0.05, 0) is 6.54 Å². The maximum absolute atomic E-state index is 11.3. The number of rotatable bonds is 7. The van der Waals surface area contributed by atoms with E-state index in [2.05, 4.69) is 5.32 Å². The van der Waals surface area contributed by atoms with Crippen LogP contribution in [0.2, 0.25) is 0 Å². The van der Waals surface area contributed by atoms with Crippen LogP contribution in [-0.2, 0) is 4.79 Å². The van der Waals surface area contributed by atoms with E-state index in [1.807, 2.05) is 24.0 Å². The Bertz CT molecular complexity index is 264. The minimum absolute atomic E-state index is 0.0926. The highest BCUT2D eigenvalue weighted by molar-refractivity contribution is 5.77. The highest BCUT2D eigenvalue weighted by Gasteiger charge is 2.07. The second-order valence-electron chi connectivity index (χ2n) is 3.03. The third-order valence-electron chi connectivity index (χ3n) is 1.91. The fourth-order valence-corrected chi connectivity index (χ4v) is 1.07. The lowest BCUT2D eigenvalue weighted by atomic mass is 10.3. The Balaban J connectivity index is 3.72. The van der Waals surface area contributed by atoms with E-state index in [0.29, 0.717) is 32.5 Å². The average Bonchev–Trinajstić information content (AvgIpc) is 2.24. The van der Waals surface area contributed by atoms with Gasteiger partial charge in [0.25, 0.3) is 0 Å². The van der Waals surface area contributed by atoms with E-state index in [0.717, 1.165) is 6.54 Å². The maximum Gasteiger partial charge on any atom is 0.234 e. The molecule has 0 saturated carbocycles. The first-order valence-corrected chi connectivity index (χ1v) is 4.97. The summed E-state index contributed by atoms with van der Waals surface area (Å²) in [6.07, 6.45) is 0.759. The van der Waals surface area contributed by atoms with Crippen LogP contribution < -0.4 is 5.32 Å². The summed E-state index contributed by atoms with van der Waals surface area (Å²) in [5.41, 5.74) is 0. The van der Waals surface area contributed by atoms with Crippen LogP contribution in [0.25, 0.3) is 0 Å². The molecule has 0 aromatic carbocycles. The maximum atomic E-state index is 11.3. The Labute approximate surface area is 90.3 Å². The molecule has 5 heteroatoms. The van der Waals surface area contributed by atoms with Gasteiger partial charge in [-0.1, -0.05) is 6.92 Å². The minimum Gasteiger partial charge on any atom is -0.354 e. The molecule has 5 nitrogen and oxygen atoms in total. The van der Waals surface area contributed by atoms with Gasteiger partial charge >= 0.3 is 0 Å². The molecular formula is C10H16N4O. The number of amides is 1. The lowest BCUT2D eigenvalue weighted by Gasteiger charge is -2.17. The zero-order valence-electron chi connectivity index (χ0n) is 8.99. The molecule has 1 N–H and O–H groups in total. The van der Waals surface area contributed by atoms with Crippen molar-refractivity contribution in [2.45, 2.75) is 19.8 Å². The fraction of sp³-hybridized carbons (Fsp3) is 0.700. The van der Waals surface area contributed by atoms with Crippen LogP contribution in [0.1, 0.15) is 19.8 Å². The molecule has 0 aliphatic heterocycles. The summed E-state index contributed by atoms with van der Waals surface area (Å²) in [5.74, 6) is -0.0926. The molecule has 0 aromatic heterocycles. The van der Waals surface area contributed by atoms with Crippen molar-refractivity contribution in [3.63, 3.8) is 0 Å². The van der Waals surface area contributed by atoms with E-state index in [1.54, 1.807) is 0 Å². The molecule has 0 unspecified atom stereocenters. The number of carbonyl (C=O) groups is 1. The van der Waals surface area contributed by atoms with Crippen molar-refractivity contribution in [3.05, 3.63) is 0 Å². The Morgan fingerprint density at radius 1 is 1.33 bits per heavy atom. The summed E-state index contributed by atoms with van der Waals surface area (Å²) in [4.78, 5) is 13.2. The summed E-state index contributed by atoms with van der Waals surface area (Å²) in [7, 11) is 0. The number of likely N-dealkylation sites (N-methyl/N-ethyl adjacent to an activating group) is 1. The zero-order chi connectivity index (χ0) is 11.5. The summed E-state index contributed by atoms with van der Waals surface area (Å²) >= 11 is 0. The van der Waals surface area contributed by atoms with Crippen molar-refractivity contribution in [1.29, 1.82) is 10.5 Å². The molecule has 0 heterocycles. The predicted molar refractivity (Wildman–Crippen MR) is 55.6 cm³/mol. The van der Waals surface area contributed by atoms with Gasteiger partial charge in [0, 0.05) is 19.5 Å². The van der Waals surface area contributed by atoms with E-state index in [1.165, 1.54) is 0 Å². The third-order valence-corrected chi connectivity index (χ3v) is 1.91. The van der Waals surface area contributed by atoms with Gasteiger partial charge in [0.1, 0.15) is 0 Å². The van der Waals surface area contributed by atoms with E-state index in [9.17, 15) is 4.79 Å². The number of hydrogen-bond donors (Lipinski definition) is 1. The van der Waals surface area contributed by atoms with Crippen molar-refractivity contribution in [3.8, 4) is 12.1 Å². The molecule has 1 amide bonds. The van der Waals surface area contributed by atoms with Gasteiger partial charge in [0.15, 0.2) is 0 Å². The normalized spacial score (nSPS) is 9.33. The van der Waals surface area contributed by atoms with Crippen LogP contribution in [-0.4, -0.2) is 37.0 Å². The molecule has 82 valence electrons. The van der Waals surface area contributed by atoms with Gasteiger partial charge in [-0.3, -0.25) is 9.69 Å². The number of nitriles is 2. The Hall–Kier alpha value is -1.59. The van der Waals surface area contributed by atoms with Crippen molar-refractivity contribution in [1.82, 2.24) is 10.2 Å². The lowest BCUT2D eigenvalue weighted by Crippen LogP contribution is -2.37. The average molecular weight is 208 g/mol. The topological polar surface area (TPSA) is 79.9 Å². The highest BCUT2D eigenvalue weighted by Crippen LogP contribution is 1.90. The highest BCUT2D eigenvalue weighted by atomic mass is 16.2. The minimum atomic E-state index is -0.0926. The number of nitrogens with zero attached hydrogens (tertiary/aromatic N) is 3. The number of carbonyl (C=O) groups excluding carboxylic acids is 1. The summed E-state index contributed by atoms with van der Waals surface area (Å²) in [6.45, 7) is 3.99. The zero-order valence-corrected chi connectivity index (χ0v) is 8.99. The van der Waals surface area contributed by atoms with Gasteiger partial charge in [0.2, 0.25) is 5.91 Å². The van der Waals surface area contributed by atoms with Crippen LogP contribution >= 0.6 is 0 Å². The van der Waals surface area contributed by atoms with Crippen molar-refractivity contribution < 1.29 is 4.79 Å². The molecule has 0 radical (unpaired) electrons. The van der Waals surface area contributed by atoms with Crippen LogP contribution in [0, 0.1) is 22.7 Å². The van der Waals surface area contributed by atoms with Crippen molar-refractivity contribution >= 4 is 5.91 Å². The van der Waals surface area contributed by atoms with Crippen LogP contribution in [0.3, 0.4) is 0 Å². The molecule has 0 fully saturated rings. The molecule has 0 rings (SSSR count). The van der Waals surface area contributed by atoms with Gasteiger partial charge in [0.05, 0.1) is 25.1 Å². The van der Waals surface area contributed by atoms with Gasteiger partial charge in [-0.25, -0.2) is 0 Å². The first kappa shape index (κ1) is 13.4. The molecule has 0 bridgehead atoms. The Morgan fingerprint density at radius 3 is 2.53 bits per heavy atom. The van der Waals surface area contributed by atoms with Gasteiger partial charge < -0.3 is 5.32 Å². The molecule has 0 aliphatic rings. The first-order valence-electron chi connectivity index (χ1n) is 4.97. The molecule has 0 aromatic rings. The lowest BCUT2D eigenvalue weighted by molar-refractivity contribution is -0.122. The molecule has 0 aliphatic carbocycles. The summed E-state index contributed by atoms with van der Waals surface area (Å²) in [5, 5.41) is 19.3. The molecule has 0 spiro atoms. The van der Waals surface area contributed by atoms with Crippen LogP contribution in [0.4, 0.5) is 0 Å². The largest absolute Gasteiger partial charge is 0.354 e. The van der Waals surface area contributed by atoms with E-state index in [4.69, 9.17) is 10.5 Å². The van der Waals surface area contributed by atoms with Crippen molar-refractivity contribution in [2.75, 3.05) is 26.2 Å².